The second kappa shape index (κ2) is 7.67. The first-order chi connectivity index (χ1) is 12.2. The van der Waals surface area contributed by atoms with Crippen LogP contribution in [0.2, 0.25) is 5.04 Å². The van der Waals surface area contributed by atoms with Crippen molar-refractivity contribution in [3.63, 3.8) is 0 Å². The molecule has 0 spiro atoms. The number of hydrogen-bond acceptors (Lipinski definition) is 6. The number of hydrogen-bond donors (Lipinski definition) is 2. The molecule has 1 aliphatic carbocycles. The van der Waals surface area contributed by atoms with Gasteiger partial charge in [0.15, 0.2) is 5.79 Å². The maximum absolute atomic E-state index is 10.8. The molecule has 1 aromatic rings. The standard InChI is InChI=1S/C19H29NO5Si/c1-18(2,3)26-25-15-13(20-22-11-12-9-7-6-8-10-12)14(21)16-17(15)24-19(4,5)23-16/h6-10,13-17,20-21H,11H2,1-5H3/t13-,14-,15+,16+,17-/m0/s1. The van der Waals surface area contributed by atoms with Gasteiger partial charge in [0.1, 0.15) is 18.3 Å². The lowest BCUT2D eigenvalue weighted by Crippen LogP contribution is -2.49. The Morgan fingerprint density at radius 3 is 2.46 bits per heavy atom. The molecule has 3 rings (SSSR count). The lowest BCUT2D eigenvalue weighted by molar-refractivity contribution is -0.181. The molecule has 0 unspecified atom stereocenters. The Morgan fingerprint density at radius 2 is 1.81 bits per heavy atom. The maximum Gasteiger partial charge on any atom is 0.236 e. The number of fused-ring (bicyclic) bond motifs is 1. The molecule has 2 fully saturated rings. The van der Waals surface area contributed by atoms with Gasteiger partial charge in [-0.25, -0.2) is 0 Å². The summed E-state index contributed by atoms with van der Waals surface area (Å²) >= 11 is 0. The third-order valence-corrected chi connectivity index (χ3v) is 5.35. The van der Waals surface area contributed by atoms with Gasteiger partial charge in [-0.1, -0.05) is 51.1 Å². The predicted molar refractivity (Wildman–Crippen MR) is 98.3 cm³/mol. The molecule has 1 aliphatic heterocycles. The van der Waals surface area contributed by atoms with Gasteiger partial charge in [-0.3, -0.25) is 4.84 Å². The minimum Gasteiger partial charge on any atom is -0.409 e. The topological polar surface area (TPSA) is 69.2 Å². The van der Waals surface area contributed by atoms with Crippen LogP contribution in [0, 0.1) is 0 Å². The molecule has 0 aromatic heterocycles. The lowest BCUT2D eigenvalue weighted by atomic mass is 10.2. The second-order valence-electron chi connectivity index (χ2n) is 8.41. The first-order valence-corrected chi connectivity index (χ1v) is 9.95. The Bertz CT molecular complexity index is 591. The highest BCUT2D eigenvalue weighted by atomic mass is 28.2. The largest absolute Gasteiger partial charge is 0.409 e. The van der Waals surface area contributed by atoms with E-state index in [9.17, 15) is 5.11 Å². The van der Waals surface area contributed by atoms with Crippen molar-refractivity contribution >= 4 is 9.76 Å². The van der Waals surface area contributed by atoms with E-state index < -0.39 is 24.0 Å². The summed E-state index contributed by atoms with van der Waals surface area (Å²) in [5.41, 5.74) is 4.04. The van der Waals surface area contributed by atoms with Crippen molar-refractivity contribution in [1.29, 1.82) is 0 Å². The zero-order chi connectivity index (χ0) is 18.9. The van der Waals surface area contributed by atoms with Gasteiger partial charge in [0, 0.05) is 0 Å². The zero-order valence-electron chi connectivity index (χ0n) is 16.1. The number of ether oxygens (including phenoxy) is 2. The molecule has 2 N–H and O–H groups in total. The molecule has 1 saturated heterocycles. The van der Waals surface area contributed by atoms with Crippen LogP contribution in [0.5, 0.6) is 0 Å². The van der Waals surface area contributed by atoms with Gasteiger partial charge >= 0.3 is 0 Å². The van der Waals surface area contributed by atoms with Crippen molar-refractivity contribution in [2.24, 2.45) is 0 Å². The molecule has 6 nitrogen and oxygen atoms in total. The molecule has 1 saturated carbocycles. The smallest absolute Gasteiger partial charge is 0.236 e. The van der Waals surface area contributed by atoms with Crippen LogP contribution in [-0.4, -0.2) is 51.1 Å². The van der Waals surface area contributed by atoms with Crippen LogP contribution < -0.4 is 5.48 Å². The minimum atomic E-state index is -0.771. The number of hydroxylamine groups is 1. The quantitative estimate of drug-likeness (QED) is 0.583. The molecule has 5 atom stereocenters. The molecule has 1 heterocycles. The summed E-state index contributed by atoms with van der Waals surface area (Å²) in [6.07, 6.45) is -1.87. The van der Waals surface area contributed by atoms with Crippen LogP contribution in [0.3, 0.4) is 0 Å². The van der Waals surface area contributed by atoms with E-state index in [4.69, 9.17) is 18.7 Å². The highest BCUT2D eigenvalue weighted by molar-refractivity contribution is 6.31. The summed E-state index contributed by atoms with van der Waals surface area (Å²) in [4.78, 5) is 5.66. The van der Waals surface area contributed by atoms with Crippen molar-refractivity contribution in [3.05, 3.63) is 35.9 Å². The fourth-order valence-electron chi connectivity index (χ4n) is 3.26. The van der Waals surface area contributed by atoms with Gasteiger partial charge in [-0.05, 0) is 24.4 Å². The molecule has 0 bridgehead atoms. The predicted octanol–water partition coefficient (Wildman–Crippen LogP) is 2.19. The minimum absolute atomic E-state index is 0.0352. The summed E-state index contributed by atoms with van der Waals surface area (Å²) < 4.78 is 18.1. The second-order valence-corrected chi connectivity index (χ2v) is 10.3. The number of benzene rings is 1. The van der Waals surface area contributed by atoms with Gasteiger partial charge in [0.25, 0.3) is 0 Å². The summed E-state index contributed by atoms with van der Waals surface area (Å²) in [5.74, 6) is -0.724. The SMILES string of the molecule is CC1(C)O[C@@H]2[C@H](O1)[C@@H](O)[C@H](NOCc1ccccc1)[C@H]2O[Si]C(C)(C)C. The van der Waals surface area contributed by atoms with Crippen LogP contribution in [0.25, 0.3) is 0 Å². The third kappa shape index (κ3) is 4.72. The van der Waals surface area contributed by atoms with E-state index in [2.05, 4.69) is 26.3 Å². The fraction of sp³-hybridized carbons (Fsp3) is 0.684. The molecule has 1 aromatic carbocycles. The monoisotopic (exact) mass is 379 g/mol. The van der Waals surface area contributed by atoms with Crippen LogP contribution in [0.1, 0.15) is 40.2 Å². The van der Waals surface area contributed by atoms with Crippen LogP contribution in [-0.2, 0) is 25.3 Å². The average molecular weight is 380 g/mol. The fourth-order valence-corrected chi connectivity index (χ4v) is 4.03. The van der Waals surface area contributed by atoms with Gasteiger partial charge in [0.05, 0.1) is 18.8 Å². The van der Waals surface area contributed by atoms with E-state index in [-0.39, 0.29) is 27.0 Å². The highest BCUT2D eigenvalue weighted by Crippen LogP contribution is 2.40. The molecule has 144 valence electrons. The van der Waals surface area contributed by atoms with E-state index in [1.54, 1.807) is 0 Å². The molecule has 7 heteroatoms. The van der Waals surface area contributed by atoms with Gasteiger partial charge in [-0.2, -0.15) is 5.48 Å². The Kier molecular flexibility index (Phi) is 5.88. The normalized spacial score (nSPS) is 33.4. The molecule has 26 heavy (non-hydrogen) atoms. The van der Waals surface area contributed by atoms with E-state index in [1.807, 2.05) is 44.2 Å². The molecule has 2 aliphatic rings. The summed E-state index contributed by atoms with van der Waals surface area (Å²) in [7, 11) is 0.275. The number of aliphatic hydroxyl groups is 1. The van der Waals surface area contributed by atoms with Gasteiger partial charge < -0.3 is 19.0 Å². The van der Waals surface area contributed by atoms with Crippen molar-refractivity contribution in [2.75, 3.05) is 0 Å². The number of nitrogens with one attached hydrogen (secondary N) is 1. The Labute approximate surface area is 158 Å². The summed E-state index contributed by atoms with van der Waals surface area (Å²) in [6, 6.07) is 9.46. The van der Waals surface area contributed by atoms with E-state index in [1.165, 1.54) is 0 Å². The van der Waals surface area contributed by atoms with Crippen LogP contribution in [0.4, 0.5) is 0 Å². The third-order valence-electron chi connectivity index (χ3n) is 4.35. The Balaban J connectivity index is 1.65. The summed E-state index contributed by atoms with van der Waals surface area (Å²) in [6.45, 7) is 10.5. The summed E-state index contributed by atoms with van der Waals surface area (Å²) in [5, 5.41) is 10.8. The first-order valence-electron chi connectivity index (χ1n) is 9.04. The van der Waals surface area contributed by atoms with Gasteiger partial charge in [0.2, 0.25) is 9.76 Å². The van der Waals surface area contributed by atoms with Crippen molar-refractivity contribution in [3.8, 4) is 0 Å². The number of aliphatic hydroxyl groups excluding tert-OH is 1. The average Bonchev–Trinajstić information content (AvgIpc) is 2.98. The maximum atomic E-state index is 10.8. The lowest BCUT2D eigenvalue weighted by Gasteiger charge is -2.30. The highest BCUT2D eigenvalue weighted by Gasteiger charge is 2.59. The van der Waals surface area contributed by atoms with E-state index >= 15 is 0 Å². The number of rotatable bonds is 6. The first kappa shape index (κ1) is 19.9. The van der Waals surface area contributed by atoms with Crippen LogP contribution in [0.15, 0.2) is 30.3 Å². The zero-order valence-corrected chi connectivity index (χ0v) is 17.1. The Hall–Kier alpha value is -0.803. The van der Waals surface area contributed by atoms with Gasteiger partial charge in [-0.15, -0.1) is 0 Å². The van der Waals surface area contributed by atoms with Crippen molar-refractivity contribution < 1.29 is 23.8 Å². The van der Waals surface area contributed by atoms with Crippen LogP contribution >= 0.6 is 0 Å². The molecule has 0 amide bonds. The van der Waals surface area contributed by atoms with Crippen molar-refractivity contribution in [2.45, 2.75) is 82.5 Å². The van der Waals surface area contributed by atoms with E-state index in [0.29, 0.717) is 6.61 Å². The molecular weight excluding hydrogens is 350 g/mol. The van der Waals surface area contributed by atoms with E-state index in [0.717, 1.165) is 5.56 Å². The Morgan fingerprint density at radius 1 is 1.15 bits per heavy atom. The molecular formula is C19H29NO5Si. The van der Waals surface area contributed by atoms with Crippen molar-refractivity contribution in [1.82, 2.24) is 5.48 Å². The molecule has 2 radical (unpaired) electrons.